The minimum absolute atomic E-state index is 0.909. The van der Waals surface area contributed by atoms with Gasteiger partial charge in [-0.2, -0.15) is 0 Å². The summed E-state index contributed by atoms with van der Waals surface area (Å²) in [5.74, 6) is 0. The molecule has 0 spiro atoms. The predicted molar refractivity (Wildman–Crippen MR) is 176 cm³/mol. The molecule has 0 saturated heterocycles. The Bertz CT molecular complexity index is 2190. The summed E-state index contributed by atoms with van der Waals surface area (Å²) in [6.45, 7) is 0. The standard InChI is InChI=1S/C36H23BrN2S/c37-31-23-26(22-30-28-17-8-10-21-34(28)40-36(30)31)38(24-12-3-1-4-13-24)33-20-11-18-29-27-16-7-9-19-32(27)39(35(29)33)25-14-5-2-6-15-25/h1,3-14,16-23H,2H2. The average molecular weight is 596 g/mol. The number of fused-ring (bicyclic) bond motifs is 6. The normalized spacial score (nSPS) is 13.1. The van der Waals surface area contributed by atoms with Crippen LogP contribution in [0, 0.1) is 0 Å². The van der Waals surface area contributed by atoms with E-state index in [9.17, 15) is 0 Å². The van der Waals surface area contributed by atoms with E-state index in [0.29, 0.717) is 0 Å². The van der Waals surface area contributed by atoms with Crippen molar-refractivity contribution in [3.8, 4) is 0 Å². The minimum Gasteiger partial charge on any atom is -0.308 e. The topological polar surface area (TPSA) is 8.17 Å². The van der Waals surface area contributed by atoms with Gasteiger partial charge in [-0.15, -0.1) is 11.3 Å². The van der Waals surface area contributed by atoms with Gasteiger partial charge >= 0.3 is 0 Å². The molecule has 5 aromatic carbocycles. The van der Waals surface area contributed by atoms with Gasteiger partial charge in [-0.25, -0.2) is 0 Å². The van der Waals surface area contributed by atoms with Crippen molar-refractivity contribution in [3.05, 3.63) is 138 Å². The van der Waals surface area contributed by atoms with Crippen LogP contribution in [-0.4, -0.2) is 4.57 Å². The van der Waals surface area contributed by atoms with Gasteiger partial charge in [0.05, 0.1) is 22.4 Å². The van der Waals surface area contributed by atoms with Crippen molar-refractivity contribution in [2.24, 2.45) is 0 Å². The van der Waals surface area contributed by atoms with E-state index < -0.39 is 0 Å². The van der Waals surface area contributed by atoms with Gasteiger partial charge in [-0.05, 0) is 77.0 Å². The van der Waals surface area contributed by atoms with Crippen LogP contribution in [0.25, 0.3) is 47.7 Å². The summed E-state index contributed by atoms with van der Waals surface area (Å²) in [6.07, 6.45) is 7.42. The van der Waals surface area contributed by atoms with E-state index in [-0.39, 0.29) is 0 Å². The van der Waals surface area contributed by atoms with Crippen LogP contribution in [0.2, 0.25) is 0 Å². The minimum atomic E-state index is 0.909. The van der Waals surface area contributed by atoms with Crippen molar-refractivity contribution in [1.82, 2.24) is 4.57 Å². The summed E-state index contributed by atoms with van der Waals surface area (Å²) in [6, 6.07) is 39.3. The molecule has 1 aliphatic carbocycles. The maximum Gasteiger partial charge on any atom is 0.0885 e. The molecule has 0 unspecified atom stereocenters. The first-order valence-electron chi connectivity index (χ1n) is 13.4. The molecule has 2 nitrogen and oxygen atoms in total. The molecule has 0 aliphatic heterocycles. The number of thiophene rings is 1. The van der Waals surface area contributed by atoms with Crippen LogP contribution >= 0.6 is 27.3 Å². The van der Waals surface area contributed by atoms with Crippen molar-refractivity contribution >= 4 is 92.0 Å². The largest absolute Gasteiger partial charge is 0.308 e. The third-order valence-corrected chi connectivity index (χ3v) is 9.73. The van der Waals surface area contributed by atoms with Crippen molar-refractivity contribution < 1.29 is 0 Å². The summed E-state index contributed by atoms with van der Waals surface area (Å²) >= 11 is 5.78. The molecule has 7 aromatic rings. The van der Waals surface area contributed by atoms with Crippen molar-refractivity contribution in [2.75, 3.05) is 4.90 Å². The lowest BCUT2D eigenvalue weighted by atomic mass is 10.1. The van der Waals surface area contributed by atoms with Gasteiger partial charge in [0.1, 0.15) is 0 Å². The molecule has 8 rings (SSSR count). The molecular weight excluding hydrogens is 572 g/mol. The number of para-hydroxylation sites is 3. The molecular formula is C36H23BrN2S. The van der Waals surface area contributed by atoms with E-state index in [1.165, 1.54) is 42.0 Å². The number of rotatable bonds is 4. The Morgan fingerprint density at radius 3 is 2.35 bits per heavy atom. The van der Waals surface area contributed by atoms with Crippen LogP contribution in [0.1, 0.15) is 6.42 Å². The zero-order valence-corrected chi connectivity index (χ0v) is 23.9. The first-order chi connectivity index (χ1) is 19.8. The molecule has 0 bridgehead atoms. The molecule has 190 valence electrons. The number of anilines is 3. The zero-order valence-electron chi connectivity index (χ0n) is 21.5. The number of hydrogen-bond acceptors (Lipinski definition) is 2. The van der Waals surface area contributed by atoms with Gasteiger partial charge in [0, 0.05) is 46.8 Å². The van der Waals surface area contributed by atoms with Crippen LogP contribution in [0.5, 0.6) is 0 Å². The average Bonchev–Trinajstić information content (AvgIpc) is 3.55. The number of allylic oxidation sites excluding steroid dienone is 3. The van der Waals surface area contributed by atoms with Crippen molar-refractivity contribution in [1.29, 1.82) is 0 Å². The number of nitrogens with zero attached hydrogens (tertiary/aromatic N) is 2. The second-order valence-electron chi connectivity index (χ2n) is 9.97. The molecule has 0 fully saturated rings. The highest BCUT2D eigenvalue weighted by Gasteiger charge is 2.23. The molecule has 0 radical (unpaired) electrons. The highest BCUT2D eigenvalue weighted by Crippen LogP contribution is 2.47. The highest BCUT2D eigenvalue weighted by molar-refractivity contribution is 9.10. The molecule has 1 aliphatic rings. The van der Waals surface area contributed by atoms with Gasteiger partial charge in [-0.1, -0.05) is 78.5 Å². The smallest absolute Gasteiger partial charge is 0.0885 e. The number of benzene rings is 5. The van der Waals surface area contributed by atoms with Gasteiger partial charge in [-0.3, -0.25) is 0 Å². The SMILES string of the molecule is Brc1cc(N(c2ccccc2)c2cccc3c4ccccc4n(C4=C=CCC=C4)c23)cc2c1sc1ccccc12. The molecule has 2 aromatic heterocycles. The maximum atomic E-state index is 3.95. The number of aromatic nitrogens is 1. The molecule has 0 amide bonds. The van der Waals surface area contributed by atoms with Crippen molar-refractivity contribution in [2.45, 2.75) is 6.42 Å². The van der Waals surface area contributed by atoms with Gasteiger partial charge in [0.2, 0.25) is 0 Å². The van der Waals surface area contributed by atoms with E-state index >= 15 is 0 Å². The van der Waals surface area contributed by atoms with E-state index in [1.54, 1.807) is 0 Å². The van der Waals surface area contributed by atoms with Crippen molar-refractivity contribution in [3.63, 3.8) is 0 Å². The lowest BCUT2D eigenvalue weighted by Crippen LogP contribution is -2.11. The number of halogens is 1. The first-order valence-corrected chi connectivity index (χ1v) is 15.0. The Morgan fingerprint density at radius 2 is 1.50 bits per heavy atom. The summed E-state index contributed by atoms with van der Waals surface area (Å²) in [5.41, 5.74) is 10.3. The van der Waals surface area contributed by atoms with Crippen LogP contribution in [0.15, 0.2) is 138 Å². The molecule has 0 N–H and O–H groups in total. The monoisotopic (exact) mass is 594 g/mol. The molecule has 2 heterocycles. The lowest BCUT2D eigenvalue weighted by Gasteiger charge is -2.27. The fraction of sp³-hybridized carbons (Fsp3) is 0.0278. The summed E-state index contributed by atoms with van der Waals surface area (Å²) in [4.78, 5) is 2.39. The Morgan fingerprint density at radius 1 is 0.725 bits per heavy atom. The van der Waals surface area contributed by atoms with E-state index in [0.717, 1.165) is 33.7 Å². The van der Waals surface area contributed by atoms with Gasteiger partial charge in [0.15, 0.2) is 0 Å². The van der Waals surface area contributed by atoms with Gasteiger partial charge < -0.3 is 9.47 Å². The summed E-state index contributed by atoms with van der Waals surface area (Å²) in [7, 11) is 0. The Balaban J connectivity index is 1.49. The Labute approximate surface area is 244 Å². The zero-order chi connectivity index (χ0) is 26.6. The second-order valence-corrected chi connectivity index (χ2v) is 11.9. The third kappa shape index (κ3) is 3.61. The second kappa shape index (κ2) is 9.39. The fourth-order valence-electron chi connectivity index (χ4n) is 5.93. The van der Waals surface area contributed by atoms with E-state index in [1.807, 2.05) is 11.3 Å². The van der Waals surface area contributed by atoms with Crippen LogP contribution in [0.3, 0.4) is 0 Å². The highest BCUT2D eigenvalue weighted by atomic mass is 79.9. The first kappa shape index (κ1) is 23.5. The fourth-order valence-corrected chi connectivity index (χ4v) is 7.71. The van der Waals surface area contributed by atoms with Crippen LogP contribution < -0.4 is 4.90 Å². The maximum absolute atomic E-state index is 3.95. The van der Waals surface area contributed by atoms with E-state index in [4.69, 9.17) is 0 Å². The Kier molecular flexibility index (Phi) is 5.53. The summed E-state index contributed by atoms with van der Waals surface area (Å²) < 4.78 is 6.05. The van der Waals surface area contributed by atoms with Gasteiger partial charge in [0.25, 0.3) is 0 Å². The van der Waals surface area contributed by atoms with Crippen LogP contribution in [0.4, 0.5) is 17.1 Å². The summed E-state index contributed by atoms with van der Waals surface area (Å²) in [5, 5.41) is 5.01. The predicted octanol–water partition coefficient (Wildman–Crippen LogP) is 11.4. The molecule has 0 atom stereocenters. The number of hydrogen-bond donors (Lipinski definition) is 0. The molecule has 40 heavy (non-hydrogen) atoms. The lowest BCUT2D eigenvalue weighted by molar-refractivity contribution is 1.20. The quantitative estimate of drug-likeness (QED) is 0.184. The van der Waals surface area contributed by atoms with Crippen LogP contribution in [-0.2, 0) is 0 Å². The molecule has 4 heteroatoms. The molecule has 0 saturated carbocycles. The Hall–Kier alpha value is -4.34. The van der Waals surface area contributed by atoms with E-state index in [2.05, 4.69) is 159 Å². The third-order valence-electron chi connectivity index (χ3n) is 7.63.